The first-order chi connectivity index (χ1) is 29.6. The molecule has 0 bridgehead atoms. The number of aromatic nitrogens is 3. The summed E-state index contributed by atoms with van der Waals surface area (Å²) >= 11 is 4.30. The third kappa shape index (κ3) is 6.11. The lowest BCUT2D eigenvalue weighted by Crippen LogP contribution is -2.18. The van der Waals surface area contributed by atoms with Crippen LogP contribution in [0.5, 0.6) is 0 Å². The van der Waals surface area contributed by atoms with Crippen LogP contribution in [0.1, 0.15) is 11.1 Å². The molecule has 0 saturated heterocycles. The van der Waals surface area contributed by atoms with Crippen LogP contribution in [-0.2, 0) is 0 Å². The molecule has 282 valence electrons. The first kappa shape index (κ1) is 35.4. The number of nitrogens with zero attached hydrogens (tertiary/aromatic N) is 4. The summed E-state index contributed by atoms with van der Waals surface area (Å²) in [5.74, 6) is 0.652. The Morgan fingerprint density at radius 2 is 1.12 bits per heavy atom. The van der Waals surface area contributed by atoms with E-state index in [-0.39, 0.29) is 0 Å². The molecule has 0 amide bonds. The maximum atomic E-state index is 8.64. The Balaban J connectivity index is 1.00. The molecule has 0 radical (unpaired) electrons. The average molecular weight is 788 g/mol. The zero-order chi connectivity index (χ0) is 40.2. The molecule has 0 saturated carbocycles. The molecule has 0 unspecified atom stereocenters. The molecule has 0 fully saturated rings. The second-order valence-electron chi connectivity index (χ2n) is 14.8. The van der Waals surface area contributed by atoms with Gasteiger partial charge < -0.3 is 4.42 Å². The molecule has 1 N–H and O–H groups in total. The summed E-state index contributed by atoms with van der Waals surface area (Å²) in [7, 11) is 0. The molecule has 6 nitrogen and oxygen atoms in total. The Morgan fingerprint density at radius 1 is 0.483 bits per heavy atom. The smallest absolute Gasteiger partial charge is 0.160 e. The number of hydrogen-bond donors (Lipinski definition) is 2. The summed E-state index contributed by atoms with van der Waals surface area (Å²) in [5, 5.41) is 11.8. The second-order valence-corrected chi connectivity index (χ2v) is 15.0. The van der Waals surface area contributed by atoms with Gasteiger partial charge in [0.1, 0.15) is 16.9 Å². The number of nitrogens with one attached hydrogen (secondary N) is 1. The lowest BCUT2D eigenvalue weighted by atomic mass is 9.87. The van der Waals surface area contributed by atoms with Gasteiger partial charge in [-0.2, -0.15) is 0 Å². The quantitative estimate of drug-likeness (QED) is 0.164. The number of thiol groups is 1. The SMILES string of the molecule is N=C1C=Cc2c(-c3ccccc3)nc3cc(-c4cccc(-c5cc(-c6ccc(-c7cccc8c7oc7ccccc78)cc6)nc(-c6ccccc6)n5)c4)ccc3c2C1=NS. The van der Waals surface area contributed by atoms with E-state index in [4.69, 9.17) is 24.8 Å². The van der Waals surface area contributed by atoms with E-state index >= 15 is 0 Å². The predicted octanol–water partition coefficient (Wildman–Crippen LogP) is 13.6. The van der Waals surface area contributed by atoms with Gasteiger partial charge in [0.15, 0.2) is 5.82 Å². The van der Waals surface area contributed by atoms with Crippen LogP contribution in [0, 0.1) is 5.41 Å². The number of allylic oxidation sites excluding steroid dienone is 1. The van der Waals surface area contributed by atoms with Crippen molar-refractivity contribution in [2.75, 3.05) is 0 Å². The molecule has 10 aromatic rings. The van der Waals surface area contributed by atoms with Crippen molar-refractivity contribution in [2.45, 2.75) is 0 Å². The monoisotopic (exact) mass is 787 g/mol. The van der Waals surface area contributed by atoms with E-state index < -0.39 is 0 Å². The van der Waals surface area contributed by atoms with Crippen LogP contribution >= 0.6 is 12.8 Å². The van der Waals surface area contributed by atoms with Crippen molar-refractivity contribution < 1.29 is 4.42 Å². The van der Waals surface area contributed by atoms with Crippen LogP contribution in [0.2, 0.25) is 0 Å². The molecule has 7 heteroatoms. The van der Waals surface area contributed by atoms with E-state index in [1.807, 2.05) is 72.8 Å². The Morgan fingerprint density at radius 3 is 1.92 bits per heavy atom. The molecule has 3 heterocycles. The van der Waals surface area contributed by atoms with Crippen molar-refractivity contribution in [1.82, 2.24) is 15.0 Å². The molecule has 1 aliphatic carbocycles. The molecule has 0 atom stereocenters. The Kier molecular flexibility index (Phi) is 8.60. The number of furan rings is 1. The van der Waals surface area contributed by atoms with Crippen molar-refractivity contribution in [3.63, 3.8) is 0 Å². The fourth-order valence-electron chi connectivity index (χ4n) is 8.29. The molecule has 0 spiro atoms. The van der Waals surface area contributed by atoms with Crippen molar-refractivity contribution in [2.24, 2.45) is 4.40 Å². The van der Waals surface area contributed by atoms with E-state index in [1.54, 1.807) is 6.08 Å². The molecular weight excluding hydrogens is 755 g/mol. The number of rotatable bonds is 6. The van der Waals surface area contributed by atoms with Gasteiger partial charge >= 0.3 is 0 Å². The van der Waals surface area contributed by atoms with Crippen LogP contribution in [0.3, 0.4) is 0 Å². The fraction of sp³-hybridized carbons (Fsp3) is 0. The molecule has 0 aliphatic heterocycles. The Labute approximate surface area is 351 Å². The summed E-state index contributed by atoms with van der Waals surface area (Å²) in [6.45, 7) is 0. The molecular formula is C53H33N5OS. The molecule has 7 aromatic carbocycles. The topological polar surface area (TPSA) is 88.0 Å². The van der Waals surface area contributed by atoms with Crippen LogP contribution < -0.4 is 0 Å². The van der Waals surface area contributed by atoms with Gasteiger partial charge in [0.2, 0.25) is 0 Å². The minimum Gasteiger partial charge on any atom is -0.455 e. The van der Waals surface area contributed by atoms with E-state index in [0.29, 0.717) is 17.2 Å². The summed E-state index contributed by atoms with van der Waals surface area (Å²) in [5.41, 5.74) is 15.7. The summed E-state index contributed by atoms with van der Waals surface area (Å²) in [6.07, 6.45) is 3.72. The fourth-order valence-corrected chi connectivity index (χ4v) is 8.50. The zero-order valence-corrected chi connectivity index (χ0v) is 32.9. The Bertz CT molecular complexity index is 3390. The highest BCUT2D eigenvalue weighted by molar-refractivity contribution is 7.79. The first-order valence-corrected chi connectivity index (χ1v) is 20.1. The van der Waals surface area contributed by atoms with Crippen LogP contribution in [0.25, 0.3) is 106 Å². The number of hydrogen-bond acceptors (Lipinski definition) is 7. The number of para-hydroxylation sites is 2. The zero-order valence-electron chi connectivity index (χ0n) is 32.0. The third-order valence-corrected chi connectivity index (χ3v) is 11.4. The first-order valence-electron chi connectivity index (χ1n) is 19.7. The van der Waals surface area contributed by atoms with Gasteiger partial charge in [0.05, 0.1) is 28.3 Å². The summed E-state index contributed by atoms with van der Waals surface area (Å²) in [4.78, 5) is 15.5. The van der Waals surface area contributed by atoms with Gasteiger partial charge in [0, 0.05) is 55.1 Å². The molecule has 60 heavy (non-hydrogen) atoms. The predicted molar refractivity (Wildman–Crippen MR) is 250 cm³/mol. The van der Waals surface area contributed by atoms with E-state index in [0.717, 1.165) is 106 Å². The highest BCUT2D eigenvalue weighted by Crippen LogP contribution is 2.39. The van der Waals surface area contributed by atoms with Gasteiger partial charge in [-0.3, -0.25) is 5.41 Å². The van der Waals surface area contributed by atoms with Crippen LogP contribution in [0.4, 0.5) is 0 Å². The highest BCUT2D eigenvalue weighted by Gasteiger charge is 2.24. The van der Waals surface area contributed by atoms with E-state index in [2.05, 4.69) is 126 Å². The van der Waals surface area contributed by atoms with Crippen LogP contribution in [-0.4, -0.2) is 26.4 Å². The average Bonchev–Trinajstić information content (AvgIpc) is 3.71. The van der Waals surface area contributed by atoms with Crippen molar-refractivity contribution in [3.8, 4) is 67.4 Å². The van der Waals surface area contributed by atoms with Crippen LogP contribution in [0.15, 0.2) is 191 Å². The maximum absolute atomic E-state index is 8.64. The molecule has 11 rings (SSSR count). The van der Waals surface area contributed by atoms with Gasteiger partial charge in [-0.1, -0.05) is 152 Å². The molecule has 1 aliphatic rings. The normalized spacial score (nSPS) is 13.1. The van der Waals surface area contributed by atoms with E-state index in [9.17, 15) is 0 Å². The van der Waals surface area contributed by atoms with Crippen molar-refractivity contribution in [1.29, 1.82) is 5.41 Å². The third-order valence-electron chi connectivity index (χ3n) is 11.2. The van der Waals surface area contributed by atoms with Gasteiger partial charge in [0.25, 0.3) is 0 Å². The number of fused-ring (bicyclic) bond motifs is 6. The number of benzene rings is 7. The maximum Gasteiger partial charge on any atom is 0.160 e. The summed E-state index contributed by atoms with van der Waals surface area (Å²) in [6, 6.07) is 60.1. The molecule has 3 aromatic heterocycles. The number of pyridine rings is 1. The van der Waals surface area contributed by atoms with Gasteiger partial charge in [-0.15, -0.1) is 0 Å². The lowest BCUT2D eigenvalue weighted by molar-refractivity contribution is 0.670. The minimum atomic E-state index is 0.316. The van der Waals surface area contributed by atoms with Gasteiger partial charge in [-0.25, -0.2) is 19.3 Å². The highest BCUT2D eigenvalue weighted by atomic mass is 32.1. The van der Waals surface area contributed by atoms with Gasteiger partial charge in [-0.05, 0) is 65.9 Å². The second kappa shape index (κ2) is 14.6. The van der Waals surface area contributed by atoms with Crippen molar-refractivity contribution in [3.05, 3.63) is 193 Å². The van der Waals surface area contributed by atoms with E-state index in [1.165, 1.54) is 0 Å². The standard InChI is InChI=1S/C53H33N5OS/c54-44-28-27-43-49(51(44)58-60)42-26-25-37(30-47(42)55-50(43)34-11-3-1-4-12-34)36-15-9-16-38(29-36)46-31-45(56-53(57-46)35-13-5-2-6-14-35)33-23-21-32(22-24-33)39-18-10-19-41-40-17-7-8-20-48(40)59-52(39)41/h1-31,54,60H. The lowest BCUT2D eigenvalue weighted by Gasteiger charge is -2.20. The largest absolute Gasteiger partial charge is 0.455 e. The van der Waals surface area contributed by atoms with Crippen molar-refractivity contribution >= 4 is 63.2 Å². The Hall–Kier alpha value is -7.74. The minimum absolute atomic E-state index is 0.316. The summed E-state index contributed by atoms with van der Waals surface area (Å²) < 4.78 is 10.6.